The summed E-state index contributed by atoms with van der Waals surface area (Å²) >= 11 is 13.2. The second kappa shape index (κ2) is 9.12. The van der Waals surface area contributed by atoms with E-state index < -0.39 is 0 Å². The molecule has 0 aliphatic rings. The van der Waals surface area contributed by atoms with Crippen LogP contribution in [-0.2, 0) is 9.59 Å². The van der Waals surface area contributed by atoms with Crippen molar-refractivity contribution < 1.29 is 14.1 Å². The van der Waals surface area contributed by atoms with E-state index in [9.17, 15) is 9.59 Å². The maximum Gasteiger partial charge on any atom is 0.235 e. The zero-order valence-electron chi connectivity index (χ0n) is 13.6. The fourth-order valence-corrected chi connectivity index (χ4v) is 3.25. The van der Waals surface area contributed by atoms with Crippen molar-refractivity contribution in [1.82, 2.24) is 10.5 Å². The first-order valence-corrected chi connectivity index (χ1v) is 9.31. The lowest BCUT2D eigenvalue weighted by atomic mass is 10.1. The van der Waals surface area contributed by atoms with Gasteiger partial charge in [0, 0.05) is 16.1 Å². The van der Waals surface area contributed by atoms with Gasteiger partial charge in [0.1, 0.15) is 5.76 Å². The monoisotopic (exact) mass is 401 g/mol. The summed E-state index contributed by atoms with van der Waals surface area (Å²) in [4.78, 5) is 23.7. The van der Waals surface area contributed by atoms with Crippen molar-refractivity contribution in [2.45, 2.75) is 19.9 Å². The Morgan fingerprint density at radius 1 is 1.24 bits per heavy atom. The summed E-state index contributed by atoms with van der Waals surface area (Å²) in [5.74, 6) is 0.820. The fraction of sp³-hybridized carbons (Fsp3) is 0.312. The maximum atomic E-state index is 12.0. The summed E-state index contributed by atoms with van der Waals surface area (Å²) in [6.07, 6.45) is 0. The lowest BCUT2D eigenvalue weighted by molar-refractivity contribution is -0.119. The number of aryl methyl sites for hydroxylation is 1. The number of thioether (sulfide) groups is 1. The van der Waals surface area contributed by atoms with E-state index in [1.165, 1.54) is 11.8 Å². The molecule has 1 heterocycles. The summed E-state index contributed by atoms with van der Waals surface area (Å²) in [7, 11) is 0. The predicted octanol–water partition coefficient (Wildman–Crippen LogP) is 3.84. The van der Waals surface area contributed by atoms with E-state index in [1.807, 2.05) is 6.92 Å². The molecule has 0 bridgehead atoms. The van der Waals surface area contributed by atoms with Crippen LogP contribution in [0.1, 0.15) is 24.3 Å². The number of benzene rings is 1. The van der Waals surface area contributed by atoms with Crippen molar-refractivity contribution in [3.63, 3.8) is 0 Å². The number of anilines is 1. The third kappa shape index (κ3) is 6.26. The molecule has 2 aromatic rings. The van der Waals surface area contributed by atoms with Crippen molar-refractivity contribution in [3.8, 4) is 0 Å². The molecular formula is C16H17Cl2N3O3S. The van der Waals surface area contributed by atoms with Gasteiger partial charge in [0.2, 0.25) is 11.8 Å². The predicted molar refractivity (Wildman–Crippen MR) is 100 cm³/mol. The summed E-state index contributed by atoms with van der Waals surface area (Å²) < 4.78 is 4.86. The molecule has 0 aliphatic heterocycles. The highest BCUT2D eigenvalue weighted by atomic mass is 35.5. The van der Waals surface area contributed by atoms with Crippen molar-refractivity contribution in [1.29, 1.82) is 0 Å². The van der Waals surface area contributed by atoms with Gasteiger partial charge in [-0.2, -0.15) is 0 Å². The summed E-state index contributed by atoms with van der Waals surface area (Å²) in [6.45, 7) is 3.56. The molecule has 0 saturated heterocycles. The van der Waals surface area contributed by atoms with E-state index in [-0.39, 0.29) is 29.4 Å². The van der Waals surface area contributed by atoms with E-state index >= 15 is 0 Å². The summed E-state index contributed by atoms with van der Waals surface area (Å²) in [5.41, 5.74) is 0.781. The van der Waals surface area contributed by atoms with Crippen LogP contribution < -0.4 is 10.6 Å². The number of amides is 2. The van der Waals surface area contributed by atoms with E-state index in [1.54, 1.807) is 31.2 Å². The van der Waals surface area contributed by atoms with Crippen molar-refractivity contribution in [2.75, 3.05) is 16.8 Å². The molecule has 134 valence electrons. The molecule has 0 fully saturated rings. The van der Waals surface area contributed by atoms with Crippen molar-refractivity contribution in [2.24, 2.45) is 0 Å². The van der Waals surface area contributed by atoms with Gasteiger partial charge in [-0.25, -0.2) is 0 Å². The SMILES string of the molecule is Cc1cc(NC(=O)CSCC(=O)NC(C)c2ccc(Cl)cc2Cl)no1. The summed E-state index contributed by atoms with van der Waals surface area (Å²) in [6, 6.07) is 6.48. The average molecular weight is 402 g/mol. The number of nitrogens with zero attached hydrogens (tertiary/aromatic N) is 1. The Hall–Kier alpha value is -1.70. The largest absolute Gasteiger partial charge is 0.360 e. The molecule has 9 heteroatoms. The third-order valence-corrected chi connectivity index (χ3v) is 4.66. The Morgan fingerprint density at radius 2 is 1.96 bits per heavy atom. The van der Waals surface area contributed by atoms with Gasteiger partial charge in [-0.05, 0) is 31.5 Å². The van der Waals surface area contributed by atoms with Gasteiger partial charge in [-0.1, -0.05) is 34.4 Å². The van der Waals surface area contributed by atoms with Crippen LogP contribution in [0.2, 0.25) is 10.0 Å². The van der Waals surface area contributed by atoms with Gasteiger partial charge in [-0.15, -0.1) is 11.8 Å². The van der Waals surface area contributed by atoms with Crippen LogP contribution in [0.4, 0.5) is 5.82 Å². The topological polar surface area (TPSA) is 84.2 Å². The van der Waals surface area contributed by atoms with Crippen LogP contribution >= 0.6 is 35.0 Å². The van der Waals surface area contributed by atoms with Gasteiger partial charge in [-0.3, -0.25) is 9.59 Å². The molecular weight excluding hydrogens is 385 g/mol. The van der Waals surface area contributed by atoms with Crippen molar-refractivity contribution >= 4 is 52.6 Å². The number of nitrogens with one attached hydrogen (secondary N) is 2. The molecule has 2 N–H and O–H groups in total. The summed E-state index contributed by atoms with van der Waals surface area (Å²) in [5, 5.41) is 10.1. The fourth-order valence-electron chi connectivity index (χ4n) is 2.05. The van der Waals surface area contributed by atoms with Crippen LogP contribution in [0.15, 0.2) is 28.8 Å². The molecule has 0 saturated carbocycles. The molecule has 6 nitrogen and oxygen atoms in total. The highest BCUT2D eigenvalue weighted by molar-refractivity contribution is 8.00. The minimum absolute atomic E-state index is 0.134. The molecule has 2 amide bonds. The van der Waals surface area contributed by atoms with E-state index in [4.69, 9.17) is 27.7 Å². The van der Waals surface area contributed by atoms with E-state index in [0.717, 1.165) is 5.56 Å². The lowest BCUT2D eigenvalue weighted by Gasteiger charge is -2.15. The molecule has 0 spiro atoms. The Labute approximate surface area is 159 Å². The average Bonchev–Trinajstić information content (AvgIpc) is 2.91. The quantitative estimate of drug-likeness (QED) is 0.735. The first-order valence-electron chi connectivity index (χ1n) is 7.40. The van der Waals surface area contributed by atoms with Crippen LogP contribution in [0, 0.1) is 6.92 Å². The first-order chi connectivity index (χ1) is 11.8. The number of hydrogen-bond donors (Lipinski definition) is 2. The number of carbonyl (C=O) groups is 2. The van der Waals surface area contributed by atoms with Gasteiger partial charge in [0.25, 0.3) is 0 Å². The smallest absolute Gasteiger partial charge is 0.235 e. The molecule has 1 aromatic carbocycles. The first kappa shape index (κ1) is 19.6. The standard InChI is InChI=1S/C16H17Cl2N3O3S/c1-9-5-14(21-24-9)20-16(23)8-25-7-15(22)19-10(2)12-4-3-11(17)6-13(12)18/h3-6,10H,7-8H2,1-2H3,(H,19,22)(H,20,21,23). The van der Waals surface area contributed by atoms with E-state index in [2.05, 4.69) is 15.8 Å². The second-order valence-electron chi connectivity index (χ2n) is 5.32. The maximum absolute atomic E-state index is 12.0. The van der Waals surface area contributed by atoms with E-state index in [0.29, 0.717) is 21.6 Å². The number of hydrogen-bond acceptors (Lipinski definition) is 5. The van der Waals surface area contributed by atoms with Gasteiger partial charge in [0.15, 0.2) is 5.82 Å². The molecule has 1 aromatic heterocycles. The number of rotatable bonds is 7. The normalized spacial score (nSPS) is 11.8. The zero-order valence-corrected chi connectivity index (χ0v) is 16.0. The minimum Gasteiger partial charge on any atom is -0.360 e. The number of aromatic nitrogens is 1. The van der Waals surface area contributed by atoms with Crippen molar-refractivity contribution in [3.05, 3.63) is 45.6 Å². The Bertz CT molecular complexity index is 767. The van der Waals surface area contributed by atoms with Crippen LogP contribution in [-0.4, -0.2) is 28.5 Å². The second-order valence-corrected chi connectivity index (χ2v) is 7.15. The van der Waals surface area contributed by atoms with Crippen LogP contribution in [0.3, 0.4) is 0 Å². The number of carbonyl (C=O) groups excluding carboxylic acids is 2. The zero-order chi connectivity index (χ0) is 18.4. The highest BCUT2D eigenvalue weighted by Gasteiger charge is 2.14. The Balaban J connectivity index is 1.73. The molecule has 0 aliphatic carbocycles. The van der Waals surface area contributed by atoms with Crippen LogP contribution in [0.25, 0.3) is 0 Å². The lowest BCUT2D eigenvalue weighted by Crippen LogP contribution is -2.29. The minimum atomic E-state index is -0.259. The molecule has 2 rings (SSSR count). The number of halogens is 2. The molecule has 0 radical (unpaired) electrons. The highest BCUT2D eigenvalue weighted by Crippen LogP contribution is 2.26. The van der Waals surface area contributed by atoms with Crippen LogP contribution in [0.5, 0.6) is 0 Å². The Morgan fingerprint density at radius 3 is 2.60 bits per heavy atom. The molecule has 1 atom stereocenters. The Kier molecular flexibility index (Phi) is 7.16. The van der Waals surface area contributed by atoms with Gasteiger partial charge < -0.3 is 15.2 Å². The molecule has 1 unspecified atom stereocenters. The van der Waals surface area contributed by atoms with Gasteiger partial charge >= 0.3 is 0 Å². The third-order valence-electron chi connectivity index (χ3n) is 3.17. The van der Waals surface area contributed by atoms with Gasteiger partial charge in [0.05, 0.1) is 17.5 Å². The molecule has 25 heavy (non-hydrogen) atoms.